The van der Waals surface area contributed by atoms with Crippen LogP contribution in [0.5, 0.6) is 5.75 Å². The van der Waals surface area contributed by atoms with E-state index in [9.17, 15) is 0 Å². The number of ether oxygens (including phenoxy) is 1. The van der Waals surface area contributed by atoms with Crippen molar-refractivity contribution in [2.75, 3.05) is 4.90 Å². The van der Waals surface area contributed by atoms with E-state index in [0.717, 1.165) is 22.2 Å². The maximum atomic E-state index is 5.84. The zero-order chi connectivity index (χ0) is 22.1. The first-order valence-corrected chi connectivity index (χ1v) is 12.0. The van der Waals surface area contributed by atoms with Gasteiger partial charge in [-0.15, -0.1) is 0 Å². The van der Waals surface area contributed by atoms with Crippen LogP contribution in [0.1, 0.15) is 68.9 Å². The summed E-state index contributed by atoms with van der Waals surface area (Å²) in [6.07, 6.45) is 11.7. The molecule has 5 rings (SSSR count). The fraction of sp³-hybridized carbons (Fsp3) is 0.385. The van der Waals surface area contributed by atoms with Crippen LogP contribution in [0.3, 0.4) is 0 Å². The van der Waals surface area contributed by atoms with E-state index >= 15 is 0 Å². The van der Waals surface area contributed by atoms with Crippen molar-refractivity contribution in [1.29, 1.82) is 0 Å². The number of hydrogen-bond donors (Lipinski definition) is 1. The molecule has 1 N–H and O–H groups in total. The smallest absolute Gasteiger partial charge is 0.174 e. The summed E-state index contributed by atoms with van der Waals surface area (Å²) in [6.45, 7) is 4.08. The second-order valence-electron chi connectivity index (χ2n) is 8.99. The van der Waals surface area contributed by atoms with Crippen molar-refractivity contribution in [3.05, 3.63) is 78.4 Å². The van der Waals surface area contributed by atoms with Crippen molar-refractivity contribution >= 4 is 23.0 Å². The number of nitrogens with one attached hydrogen (secondary N) is 1. The number of pyridine rings is 1. The first kappa shape index (κ1) is 21.0. The predicted molar refractivity (Wildman–Crippen MR) is 132 cm³/mol. The van der Waals surface area contributed by atoms with Gasteiger partial charge in [0.05, 0.1) is 23.9 Å². The third kappa shape index (κ3) is 4.11. The minimum absolute atomic E-state index is 0.0188. The molecule has 2 unspecified atom stereocenters. The molecule has 3 heterocycles. The topological polar surface area (TPSA) is 42.3 Å². The molecule has 0 amide bonds. The number of benzene rings is 1. The summed E-state index contributed by atoms with van der Waals surface area (Å²) in [5, 5.41) is 4.27. The molecule has 2 aliphatic rings. The normalized spacial score (nSPS) is 21.3. The van der Waals surface area contributed by atoms with Crippen molar-refractivity contribution in [2.45, 2.75) is 63.8 Å². The zero-order valence-corrected chi connectivity index (χ0v) is 19.5. The molecule has 32 heavy (non-hydrogen) atoms. The highest BCUT2D eigenvalue weighted by molar-refractivity contribution is 7.80. The van der Waals surface area contributed by atoms with Gasteiger partial charge in [0.2, 0.25) is 0 Å². The van der Waals surface area contributed by atoms with E-state index in [1.807, 2.05) is 44.3 Å². The Hall–Kier alpha value is -2.86. The van der Waals surface area contributed by atoms with Crippen LogP contribution in [0, 0.1) is 0 Å². The first-order chi connectivity index (χ1) is 15.6. The Morgan fingerprint density at radius 3 is 2.53 bits per heavy atom. The Balaban J connectivity index is 1.51. The van der Waals surface area contributed by atoms with E-state index in [1.54, 1.807) is 0 Å². The number of nitrogens with zero attached hydrogens (tertiary/aromatic N) is 3. The van der Waals surface area contributed by atoms with Gasteiger partial charge in [-0.3, -0.25) is 4.98 Å². The molecule has 1 saturated carbocycles. The number of aromatic nitrogens is 2. The molecule has 6 heteroatoms. The lowest BCUT2D eigenvalue weighted by Crippen LogP contribution is -2.29. The quantitative estimate of drug-likeness (QED) is 0.473. The van der Waals surface area contributed by atoms with Gasteiger partial charge in [-0.25, -0.2) is 0 Å². The molecular weight excluding hydrogens is 416 g/mol. The highest BCUT2D eigenvalue weighted by Gasteiger charge is 2.41. The Labute approximate surface area is 195 Å². The van der Waals surface area contributed by atoms with Crippen LogP contribution in [0.15, 0.2) is 67.1 Å². The largest absolute Gasteiger partial charge is 0.491 e. The lowest BCUT2D eigenvalue weighted by Gasteiger charge is -2.27. The Morgan fingerprint density at radius 2 is 1.84 bits per heavy atom. The van der Waals surface area contributed by atoms with Crippen molar-refractivity contribution in [2.24, 2.45) is 0 Å². The number of rotatable bonds is 6. The first-order valence-electron chi connectivity index (χ1n) is 11.5. The lowest BCUT2D eigenvalue weighted by molar-refractivity contribution is 0.242. The van der Waals surface area contributed by atoms with Gasteiger partial charge in [-0.05, 0) is 86.9 Å². The van der Waals surface area contributed by atoms with E-state index in [4.69, 9.17) is 17.0 Å². The summed E-state index contributed by atoms with van der Waals surface area (Å²) in [5.74, 6) is 0.868. The molecule has 0 spiro atoms. The van der Waals surface area contributed by atoms with Gasteiger partial charge >= 0.3 is 0 Å². The molecule has 2 aromatic heterocycles. The van der Waals surface area contributed by atoms with Gasteiger partial charge in [0.15, 0.2) is 5.11 Å². The molecule has 1 aliphatic heterocycles. The summed E-state index contributed by atoms with van der Waals surface area (Å²) < 4.78 is 8.24. The summed E-state index contributed by atoms with van der Waals surface area (Å²) >= 11 is 5.84. The van der Waals surface area contributed by atoms with Crippen LogP contribution in [0.25, 0.3) is 0 Å². The molecule has 0 radical (unpaired) electrons. The summed E-state index contributed by atoms with van der Waals surface area (Å²) in [6, 6.07) is 17.1. The fourth-order valence-electron chi connectivity index (χ4n) is 4.96. The molecule has 2 atom stereocenters. The van der Waals surface area contributed by atoms with E-state index in [0.29, 0.717) is 6.04 Å². The minimum atomic E-state index is -0.0188. The maximum absolute atomic E-state index is 5.84. The molecule has 1 saturated heterocycles. The third-order valence-electron chi connectivity index (χ3n) is 6.41. The summed E-state index contributed by atoms with van der Waals surface area (Å²) in [4.78, 5) is 6.88. The molecular formula is C26H30N4OS. The zero-order valence-electron chi connectivity index (χ0n) is 18.6. The van der Waals surface area contributed by atoms with E-state index in [-0.39, 0.29) is 18.2 Å². The van der Waals surface area contributed by atoms with Gasteiger partial charge in [0.25, 0.3) is 0 Å². The summed E-state index contributed by atoms with van der Waals surface area (Å²) in [5.41, 5.74) is 3.30. The highest BCUT2D eigenvalue weighted by atomic mass is 32.1. The minimum Gasteiger partial charge on any atom is -0.491 e. The van der Waals surface area contributed by atoms with E-state index < -0.39 is 0 Å². The van der Waals surface area contributed by atoms with Crippen LogP contribution in [0.4, 0.5) is 5.69 Å². The number of anilines is 1. The van der Waals surface area contributed by atoms with E-state index in [1.165, 1.54) is 31.2 Å². The average Bonchev–Trinajstić information content (AvgIpc) is 3.54. The fourth-order valence-corrected chi connectivity index (χ4v) is 5.31. The molecule has 2 fully saturated rings. The SMILES string of the molecule is CC(C)Oc1ccc(N2C(=S)NC(c3ccccn3)C2c2ccn(C3CCCC3)c2)cc1. The van der Waals surface area contributed by atoms with Gasteiger partial charge in [-0.1, -0.05) is 18.9 Å². The number of hydrogen-bond acceptors (Lipinski definition) is 3. The Morgan fingerprint density at radius 1 is 1.06 bits per heavy atom. The van der Waals surface area contributed by atoms with Gasteiger partial charge in [-0.2, -0.15) is 0 Å². The molecule has 1 aromatic carbocycles. The molecule has 5 nitrogen and oxygen atoms in total. The van der Waals surface area contributed by atoms with Crippen molar-refractivity contribution in [1.82, 2.24) is 14.9 Å². The summed E-state index contributed by atoms with van der Waals surface area (Å²) in [7, 11) is 0. The predicted octanol–water partition coefficient (Wildman–Crippen LogP) is 5.96. The van der Waals surface area contributed by atoms with Gasteiger partial charge in [0.1, 0.15) is 5.75 Å². The van der Waals surface area contributed by atoms with Crippen LogP contribution in [0.2, 0.25) is 0 Å². The van der Waals surface area contributed by atoms with Crippen molar-refractivity contribution in [3.8, 4) is 5.75 Å². The van der Waals surface area contributed by atoms with Gasteiger partial charge < -0.3 is 19.5 Å². The monoisotopic (exact) mass is 446 g/mol. The van der Waals surface area contributed by atoms with Gasteiger partial charge in [0, 0.05) is 30.3 Å². The molecule has 3 aromatic rings. The van der Waals surface area contributed by atoms with Crippen LogP contribution < -0.4 is 15.0 Å². The van der Waals surface area contributed by atoms with E-state index in [2.05, 4.69) is 56.4 Å². The molecule has 0 bridgehead atoms. The van der Waals surface area contributed by atoms with Crippen LogP contribution >= 0.6 is 12.2 Å². The second-order valence-corrected chi connectivity index (χ2v) is 9.37. The maximum Gasteiger partial charge on any atom is 0.174 e. The Bertz CT molecular complexity index is 1060. The lowest BCUT2D eigenvalue weighted by atomic mass is 9.98. The third-order valence-corrected chi connectivity index (χ3v) is 6.72. The second kappa shape index (κ2) is 8.94. The van der Waals surface area contributed by atoms with Crippen molar-refractivity contribution < 1.29 is 4.74 Å². The molecule has 166 valence electrons. The molecule has 1 aliphatic carbocycles. The number of thiocarbonyl (C=S) groups is 1. The van der Waals surface area contributed by atoms with Crippen LogP contribution in [-0.2, 0) is 0 Å². The standard InChI is InChI=1S/C26H30N4OS/c1-18(2)31-22-12-10-21(11-13-22)30-25(19-14-16-29(17-19)20-7-3-4-8-20)24(28-26(30)32)23-9-5-6-15-27-23/h5-6,9-18,20,24-25H,3-4,7-8H2,1-2H3,(H,28,32). The average molecular weight is 447 g/mol. The highest BCUT2D eigenvalue weighted by Crippen LogP contribution is 2.42. The Kier molecular flexibility index (Phi) is 5.87. The van der Waals surface area contributed by atoms with Crippen molar-refractivity contribution in [3.63, 3.8) is 0 Å². The van der Waals surface area contributed by atoms with Crippen LogP contribution in [-0.4, -0.2) is 20.8 Å².